The fourth-order valence-corrected chi connectivity index (χ4v) is 3.05. The Balaban J connectivity index is 2.00. The smallest absolute Gasteiger partial charge is 0.197 e. The van der Waals surface area contributed by atoms with Crippen molar-refractivity contribution in [2.75, 3.05) is 37.3 Å². The van der Waals surface area contributed by atoms with Gasteiger partial charge < -0.3 is 20.7 Å². The Morgan fingerprint density at radius 2 is 2.39 bits per heavy atom. The van der Waals surface area contributed by atoms with Crippen LogP contribution in [0.1, 0.15) is 26.7 Å². The maximum Gasteiger partial charge on any atom is 0.197 e. The van der Waals surface area contributed by atoms with Gasteiger partial charge in [-0.25, -0.2) is 0 Å². The second-order valence-electron chi connectivity index (χ2n) is 4.54. The lowest BCUT2D eigenvalue weighted by molar-refractivity contribution is 0.226. The van der Waals surface area contributed by atoms with Crippen LogP contribution in [0.4, 0.5) is 10.8 Å². The molecule has 18 heavy (non-hydrogen) atoms. The number of hydrogen-bond donors (Lipinski definition) is 2. The van der Waals surface area contributed by atoms with Gasteiger partial charge in [0.1, 0.15) is 0 Å². The van der Waals surface area contributed by atoms with Crippen LogP contribution in [0.25, 0.3) is 0 Å². The molecule has 0 bridgehead atoms. The fraction of sp³-hybridized carbons (Fsp3) is 0.750. The van der Waals surface area contributed by atoms with Crippen LogP contribution >= 0.6 is 11.5 Å². The zero-order valence-corrected chi connectivity index (χ0v) is 11.9. The number of nitrogens with one attached hydrogen (secondary N) is 1. The first-order valence-corrected chi connectivity index (χ1v) is 7.38. The first-order chi connectivity index (χ1) is 8.74. The normalized spacial score (nSPS) is 20.9. The van der Waals surface area contributed by atoms with Gasteiger partial charge in [-0.2, -0.15) is 4.37 Å². The molecule has 2 heterocycles. The van der Waals surface area contributed by atoms with Crippen molar-refractivity contribution in [2.45, 2.75) is 32.7 Å². The summed E-state index contributed by atoms with van der Waals surface area (Å²) in [4.78, 5) is 2.46. The molecule has 1 atom stereocenters. The number of anilines is 2. The van der Waals surface area contributed by atoms with Crippen molar-refractivity contribution in [3.8, 4) is 5.75 Å². The molecule has 0 aliphatic carbocycles. The van der Waals surface area contributed by atoms with E-state index in [0.29, 0.717) is 18.5 Å². The van der Waals surface area contributed by atoms with Gasteiger partial charge in [0.2, 0.25) is 0 Å². The number of nitrogens with two attached hydrogens (primary N) is 1. The summed E-state index contributed by atoms with van der Waals surface area (Å²) in [5, 5.41) is 4.50. The van der Waals surface area contributed by atoms with Crippen molar-refractivity contribution in [1.29, 1.82) is 0 Å². The van der Waals surface area contributed by atoms with Crippen LogP contribution in [0.5, 0.6) is 5.75 Å². The minimum atomic E-state index is 0.470. The van der Waals surface area contributed by atoms with E-state index in [-0.39, 0.29) is 0 Å². The van der Waals surface area contributed by atoms with E-state index in [1.807, 2.05) is 6.92 Å². The van der Waals surface area contributed by atoms with Crippen LogP contribution in [0.15, 0.2) is 0 Å². The van der Waals surface area contributed by atoms with E-state index >= 15 is 0 Å². The van der Waals surface area contributed by atoms with Crippen LogP contribution in [0.3, 0.4) is 0 Å². The van der Waals surface area contributed by atoms with E-state index < -0.39 is 0 Å². The molecule has 0 spiro atoms. The number of likely N-dealkylation sites (N-methyl/N-ethyl adjacent to an activating group) is 1. The van der Waals surface area contributed by atoms with E-state index in [1.165, 1.54) is 30.9 Å². The largest absolute Gasteiger partial charge is 0.487 e. The lowest BCUT2D eigenvalue weighted by Gasteiger charge is -2.32. The average Bonchev–Trinajstić information content (AvgIpc) is 2.72. The fourth-order valence-electron chi connectivity index (χ4n) is 2.32. The van der Waals surface area contributed by atoms with Crippen molar-refractivity contribution < 1.29 is 4.74 Å². The zero-order valence-electron chi connectivity index (χ0n) is 11.1. The molecule has 3 N–H and O–H groups in total. The molecule has 6 heteroatoms. The van der Waals surface area contributed by atoms with E-state index in [1.54, 1.807) is 0 Å². The summed E-state index contributed by atoms with van der Waals surface area (Å²) in [5.41, 5.74) is 5.81. The van der Waals surface area contributed by atoms with Gasteiger partial charge in [0.15, 0.2) is 16.6 Å². The maximum absolute atomic E-state index is 5.81. The van der Waals surface area contributed by atoms with Crippen molar-refractivity contribution in [3.63, 3.8) is 0 Å². The topological polar surface area (TPSA) is 63.4 Å². The Morgan fingerprint density at radius 1 is 1.56 bits per heavy atom. The minimum Gasteiger partial charge on any atom is -0.487 e. The average molecular weight is 270 g/mol. The standard InChI is InChI=1S/C12H22N4OS/c1-3-16-7-5-6-9(8-16)14-12-10(17-4-2)11(13)15-18-12/h9,14H,3-8H2,1-2H3,(H2,13,15). The second-order valence-corrected chi connectivity index (χ2v) is 5.31. The number of rotatable bonds is 5. The Bertz CT molecular complexity index is 382. The number of nitrogens with zero attached hydrogens (tertiary/aromatic N) is 2. The molecule has 1 fully saturated rings. The summed E-state index contributed by atoms with van der Waals surface area (Å²) in [6, 6.07) is 0.470. The number of likely N-dealkylation sites (tertiary alicyclic amines) is 1. The molecule has 1 unspecified atom stereocenters. The van der Waals surface area contributed by atoms with Crippen LogP contribution in [0, 0.1) is 0 Å². The summed E-state index contributed by atoms with van der Waals surface area (Å²) in [7, 11) is 0. The van der Waals surface area contributed by atoms with E-state index in [9.17, 15) is 0 Å². The predicted molar refractivity (Wildman–Crippen MR) is 76.5 cm³/mol. The van der Waals surface area contributed by atoms with Crippen molar-refractivity contribution >= 4 is 22.4 Å². The SMILES string of the molecule is CCOc1c(N)nsc1NC1CCCN(CC)C1. The third kappa shape index (κ3) is 3.05. The highest BCUT2D eigenvalue weighted by Crippen LogP contribution is 2.36. The third-order valence-electron chi connectivity index (χ3n) is 3.25. The quantitative estimate of drug-likeness (QED) is 0.857. The van der Waals surface area contributed by atoms with Crippen LogP contribution in [-0.4, -0.2) is 41.6 Å². The minimum absolute atomic E-state index is 0.470. The van der Waals surface area contributed by atoms with Gasteiger partial charge in [-0.15, -0.1) is 0 Å². The van der Waals surface area contributed by atoms with E-state index in [0.717, 1.165) is 23.8 Å². The predicted octanol–water partition coefficient (Wildman–Crippen LogP) is 2.02. The van der Waals surface area contributed by atoms with Gasteiger partial charge in [0.05, 0.1) is 6.61 Å². The van der Waals surface area contributed by atoms with Gasteiger partial charge in [0, 0.05) is 12.6 Å². The Kier molecular flexibility index (Phi) is 4.66. The van der Waals surface area contributed by atoms with E-state index in [4.69, 9.17) is 10.5 Å². The molecule has 1 aliphatic heterocycles. The molecule has 2 rings (SSSR count). The molecule has 1 aliphatic rings. The lowest BCUT2D eigenvalue weighted by atomic mass is 10.1. The highest BCUT2D eigenvalue weighted by atomic mass is 32.1. The van der Waals surface area contributed by atoms with Crippen LogP contribution in [0.2, 0.25) is 0 Å². The number of nitrogen functional groups attached to an aromatic ring is 1. The highest BCUT2D eigenvalue weighted by molar-refractivity contribution is 7.11. The molecule has 1 aromatic rings. The summed E-state index contributed by atoms with van der Waals surface area (Å²) in [6.45, 7) is 8.18. The number of aromatic nitrogens is 1. The first-order valence-electron chi connectivity index (χ1n) is 6.61. The lowest BCUT2D eigenvalue weighted by Crippen LogP contribution is -2.41. The molecule has 0 aromatic carbocycles. The van der Waals surface area contributed by atoms with Gasteiger partial charge in [-0.1, -0.05) is 6.92 Å². The molecule has 102 valence electrons. The summed E-state index contributed by atoms with van der Waals surface area (Å²) in [6.07, 6.45) is 2.43. The zero-order chi connectivity index (χ0) is 13.0. The Labute approximate surface area is 112 Å². The van der Waals surface area contributed by atoms with Crippen LogP contribution < -0.4 is 15.8 Å². The monoisotopic (exact) mass is 270 g/mol. The molecular weight excluding hydrogens is 248 g/mol. The van der Waals surface area contributed by atoms with Gasteiger partial charge in [-0.05, 0) is 44.4 Å². The summed E-state index contributed by atoms with van der Waals surface area (Å²) >= 11 is 1.39. The van der Waals surface area contributed by atoms with Gasteiger partial charge >= 0.3 is 0 Å². The van der Waals surface area contributed by atoms with Crippen LogP contribution in [-0.2, 0) is 0 Å². The summed E-state index contributed by atoms with van der Waals surface area (Å²) < 4.78 is 9.71. The van der Waals surface area contributed by atoms with Gasteiger partial charge in [-0.3, -0.25) is 0 Å². The molecule has 1 aromatic heterocycles. The van der Waals surface area contributed by atoms with Crippen molar-refractivity contribution in [1.82, 2.24) is 9.27 Å². The Morgan fingerprint density at radius 3 is 3.11 bits per heavy atom. The molecule has 1 saturated heterocycles. The molecule has 0 saturated carbocycles. The molecule has 5 nitrogen and oxygen atoms in total. The first kappa shape index (κ1) is 13.4. The highest BCUT2D eigenvalue weighted by Gasteiger charge is 2.21. The number of piperidine rings is 1. The Hall–Kier alpha value is -1.01. The van der Waals surface area contributed by atoms with Crippen molar-refractivity contribution in [2.24, 2.45) is 0 Å². The molecule has 0 radical (unpaired) electrons. The summed E-state index contributed by atoms with van der Waals surface area (Å²) in [5.74, 6) is 1.21. The number of ether oxygens (including phenoxy) is 1. The maximum atomic E-state index is 5.81. The third-order valence-corrected chi connectivity index (χ3v) is 4.02. The molecule has 0 amide bonds. The number of hydrogen-bond acceptors (Lipinski definition) is 6. The van der Waals surface area contributed by atoms with E-state index in [2.05, 4.69) is 21.5 Å². The molecular formula is C12H22N4OS. The van der Waals surface area contributed by atoms with Gasteiger partial charge in [0.25, 0.3) is 0 Å². The van der Waals surface area contributed by atoms with Crippen molar-refractivity contribution in [3.05, 3.63) is 0 Å². The second kappa shape index (κ2) is 6.24.